The number of hydrogen-bond donors (Lipinski definition) is 3. The number of pyridine rings is 1. The molecule has 10 heteroatoms. The van der Waals surface area contributed by atoms with E-state index in [4.69, 9.17) is 10.5 Å². The van der Waals surface area contributed by atoms with E-state index in [1.165, 1.54) is 18.5 Å². The first-order chi connectivity index (χ1) is 17.1. The van der Waals surface area contributed by atoms with E-state index in [0.717, 1.165) is 0 Å². The Morgan fingerprint density at radius 1 is 1.28 bits per heavy atom. The van der Waals surface area contributed by atoms with Crippen molar-refractivity contribution in [2.75, 3.05) is 6.61 Å². The predicted octanol–water partition coefficient (Wildman–Crippen LogP) is 3.17. The lowest BCUT2D eigenvalue weighted by atomic mass is 9.81. The van der Waals surface area contributed by atoms with E-state index in [9.17, 15) is 19.1 Å². The number of carbonyl (C=O) groups is 2. The summed E-state index contributed by atoms with van der Waals surface area (Å²) in [5.41, 5.74) is 5.58. The molecule has 0 radical (unpaired) electrons. The van der Waals surface area contributed by atoms with Crippen molar-refractivity contribution >= 4 is 22.7 Å². The zero-order valence-electron chi connectivity index (χ0n) is 19.7. The summed E-state index contributed by atoms with van der Waals surface area (Å²) >= 11 is 0. The summed E-state index contributed by atoms with van der Waals surface area (Å²) in [7, 11) is 0. The fourth-order valence-corrected chi connectivity index (χ4v) is 4.31. The summed E-state index contributed by atoms with van der Waals surface area (Å²) in [4.78, 5) is 40.8. The summed E-state index contributed by atoms with van der Waals surface area (Å²) in [5, 5.41) is 12.1. The van der Waals surface area contributed by atoms with Crippen molar-refractivity contribution in [1.29, 1.82) is 0 Å². The Morgan fingerprint density at radius 3 is 2.72 bits per heavy atom. The molecule has 4 N–H and O–H groups in total. The van der Waals surface area contributed by atoms with Gasteiger partial charge in [-0.25, -0.2) is 19.3 Å². The third-order valence-electron chi connectivity index (χ3n) is 6.72. The van der Waals surface area contributed by atoms with Crippen molar-refractivity contribution in [2.45, 2.75) is 37.7 Å². The molecule has 4 aromatic rings. The van der Waals surface area contributed by atoms with Gasteiger partial charge in [-0.2, -0.15) is 0 Å². The maximum Gasteiger partial charge on any atom is 0.231 e. The molecule has 0 unspecified atom stereocenters. The van der Waals surface area contributed by atoms with Crippen LogP contribution in [0.25, 0.3) is 22.3 Å². The lowest BCUT2D eigenvalue weighted by molar-refractivity contribution is -0.123. The van der Waals surface area contributed by atoms with Crippen molar-refractivity contribution in [2.24, 2.45) is 5.73 Å². The second kappa shape index (κ2) is 8.49. The van der Waals surface area contributed by atoms with Crippen molar-refractivity contribution < 1.29 is 23.8 Å². The molecule has 1 aliphatic rings. The fraction of sp³-hybridized carbons (Fsp3) is 0.269. The number of H-pyrrole nitrogens is 1. The number of carbonyl (C=O) groups excluding carboxylic acids is 2. The average Bonchev–Trinajstić information content (AvgIpc) is 3.45. The second-order valence-electron chi connectivity index (χ2n) is 9.43. The summed E-state index contributed by atoms with van der Waals surface area (Å²) in [5.74, 6) is -0.848. The molecular weight excluding hydrogens is 465 g/mol. The maximum absolute atomic E-state index is 13.6. The van der Waals surface area contributed by atoms with Crippen molar-refractivity contribution in [1.82, 2.24) is 19.9 Å². The standard InChI is InChI=1S/C26H24FN5O4/c1-25(24(28)34)12-36-22-17(25)10-20(32-21(22)14-3-5-16(27)6-4-14)26(2,35)8-7-19(33)18-9-15-11-29-13-30-23(15)31-18/h3-6,9-11,13,35H,7-8,12H2,1-2H3,(H2,28,34)(H,29,30,31)/t25-,26-/m0/s1. The van der Waals surface area contributed by atoms with Crippen LogP contribution in [0.15, 0.2) is 48.9 Å². The minimum absolute atomic E-state index is 0.0148. The number of nitrogens with one attached hydrogen (secondary N) is 1. The molecule has 1 aromatic carbocycles. The first kappa shape index (κ1) is 23.6. The number of benzene rings is 1. The summed E-state index contributed by atoms with van der Waals surface area (Å²) in [6, 6.07) is 8.94. The molecule has 9 nitrogen and oxygen atoms in total. The van der Waals surface area contributed by atoms with Gasteiger partial charge >= 0.3 is 0 Å². The first-order valence-electron chi connectivity index (χ1n) is 11.4. The lowest BCUT2D eigenvalue weighted by Crippen LogP contribution is -2.40. The number of hydrogen-bond acceptors (Lipinski definition) is 7. The molecule has 4 heterocycles. The number of aromatic amines is 1. The van der Waals surface area contributed by atoms with Crippen LogP contribution in [0.2, 0.25) is 0 Å². The van der Waals surface area contributed by atoms with Crippen LogP contribution in [-0.2, 0) is 15.8 Å². The van der Waals surface area contributed by atoms with Gasteiger partial charge in [-0.3, -0.25) is 9.59 Å². The van der Waals surface area contributed by atoms with E-state index < -0.39 is 22.7 Å². The number of aliphatic hydroxyl groups is 1. The number of nitrogens with two attached hydrogens (primary N) is 1. The monoisotopic (exact) mass is 489 g/mol. The Labute approximate surface area is 205 Å². The highest BCUT2D eigenvalue weighted by molar-refractivity contribution is 5.98. The molecule has 0 aliphatic carbocycles. The molecule has 0 fully saturated rings. The molecule has 0 saturated carbocycles. The van der Waals surface area contributed by atoms with E-state index in [-0.39, 0.29) is 30.9 Å². The van der Waals surface area contributed by atoms with Gasteiger partial charge in [0.05, 0.1) is 11.4 Å². The topological polar surface area (TPSA) is 144 Å². The number of Topliss-reactive ketones (excluding diaryl/α,β-unsaturated/α-hetero) is 1. The molecule has 184 valence electrons. The van der Waals surface area contributed by atoms with Crippen molar-refractivity contribution in [3.05, 3.63) is 71.7 Å². The van der Waals surface area contributed by atoms with Crippen LogP contribution in [0.5, 0.6) is 5.75 Å². The van der Waals surface area contributed by atoms with Crippen LogP contribution in [0, 0.1) is 5.82 Å². The number of fused-ring (bicyclic) bond motifs is 2. The number of halogens is 1. The minimum Gasteiger partial charge on any atom is -0.489 e. The van der Waals surface area contributed by atoms with Gasteiger partial charge in [-0.1, -0.05) is 0 Å². The molecule has 2 atom stereocenters. The highest BCUT2D eigenvalue weighted by atomic mass is 19.1. The third kappa shape index (κ3) is 3.99. The van der Waals surface area contributed by atoms with E-state index in [1.54, 1.807) is 44.3 Å². The molecule has 3 aromatic heterocycles. The Morgan fingerprint density at radius 2 is 2.03 bits per heavy atom. The number of nitrogens with zero attached hydrogens (tertiary/aromatic N) is 3. The molecule has 1 amide bonds. The Bertz CT molecular complexity index is 1470. The third-order valence-corrected chi connectivity index (χ3v) is 6.72. The van der Waals surface area contributed by atoms with Crippen LogP contribution >= 0.6 is 0 Å². The quantitative estimate of drug-likeness (QED) is 0.338. The zero-order valence-corrected chi connectivity index (χ0v) is 19.7. The number of aromatic nitrogens is 4. The minimum atomic E-state index is -1.54. The fourth-order valence-electron chi connectivity index (χ4n) is 4.31. The molecule has 0 spiro atoms. The van der Waals surface area contributed by atoms with Gasteiger partial charge in [0.25, 0.3) is 0 Å². The van der Waals surface area contributed by atoms with Gasteiger partial charge in [0.1, 0.15) is 46.9 Å². The Kier molecular flexibility index (Phi) is 5.55. The normalized spacial score (nSPS) is 18.4. The van der Waals surface area contributed by atoms with Crippen LogP contribution in [0.3, 0.4) is 0 Å². The molecule has 0 bridgehead atoms. The van der Waals surface area contributed by atoms with Gasteiger partial charge < -0.3 is 20.6 Å². The van der Waals surface area contributed by atoms with Crippen LogP contribution in [0.1, 0.15) is 48.4 Å². The van der Waals surface area contributed by atoms with Gasteiger partial charge in [-0.15, -0.1) is 0 Å². The smallest absolute Gasteiger partial charge is 0.231 e. The average molecular weight is 490 g/mol. The highest BCUT2D eigenvalue weighted by Crippen LogP contribution is 2.45. The number of ether oxygens (including phenoxy) is 1. The highest BCUT2D eigenvalue weighted by Gasteiger charge is 2.45. The number of primary amides is 1. The number of rotatable bonds is 7. The van der Waals surface area contributed by atoms with Crippen LogP contribution < -0.4 is 10.5 Å². The predicted molar refractivity (Wildman–Crippen MR) is 129 cm³/mol. The Balaban J connectivity index is 1.50. The zero-order chi connectivity index (χ0) is 25.7. The first-order valence-corrected chi connectivity index (χ1v) is 11.4. The molecule has 36 heavy (non-hydrogen) atoms. The number of ketones is 1. The largest absolute Gasteiger partial charge is 0.489 e. The van der Waals surface area contributed by atoms with Gasteiger partial charge in [0.2, 0.25) is 5.91 Å². The van der Waals surface area contributed by atoms with E-state index in [0.29, 0.717) is 39.3 Å². The summed E-state index contributed by atoms with van der Waals surface area (Å²) in [6.07, 6.45) is 3.06. The van der Waals surface area contributed by atoms with Gasteiger partial charge in [0.15, 0.2) is 5.78 Å². The SMILES string of the molecule is C[C@](O)(CCC(=O)c1cc2cncnc2[nH]1)c1cc2c(c(-c3ccc(F)cc3)n1)OC[C@]2(C)C(N)=O. The van der Waals surface area contributed by atoms with E-state index >= 15 is 0 Å². The second-order valence-corrected chi connectivity index (χ2v) is 9.43. The van der Waals surface area contributed by atoms with Crippen molar-refractivity contribution in [3.63, 3.8) is 0 Å². The van der Waals surface area contributed by atoms with Crippen LogP contribution in [0.4, 0.5) is 4.39 Å². The lowest BCUT2D eigenvalue weighted by Gasteiger charge is -2.25. The van der Waals surface area contributed by atoms with Crippen LogP contribution in [-0.4, -0.2) is 43.3 Å². The summed E-state index contributed by atoms with van der Waals surface area (Å²) < 4.78 is 19.4. The van der Waals surface area contributed by atoms with E-state index in [1.807, 2.05) is 0 Å². The molecule has 5 rings (SSSR count). The number of amides is 1. The Hall–Kier alpha value is -4.18. The summed E-state index contributed by atoms with van der Waals surface area (Å²) in [6.45, 7) is 3.23. The van der Waals surface area contributed by atoms with Gasteiger partial charge in [-0.05, 0) is 56.7 Å². The van der Waals surface area contributed by atoms with Gasteiger partial charge in [0, 0.05) is 29.1 Å². The molecular formula is C26H24FN5O4. The van der Waals surface area contributed by atoms with E-state index in [2.05, 4.69) is 19.9 Å². The molecule has 0 saturated heterocycles. The maximum atomic E-state index is 13.6. The molecule has 1 aliphatic heterocycles. The van der Waals surface area contributed by atoms with Crippen molar-refractivity contribution in [3.8, 4) is 17.0 Å².